The van der Waals surface area contributed by atoms with Crippen LogP contribution < -0.4 is 0 Å². The SMILES string of the molecule is CC1(C)CC[C@@](O)(c2ccc(F)cc2)C1. The Bertz CT molecular complexity index is 355. The van der Waals surface area contributed by atoms with Crippen molar-refractivity contribution in [1.29, 1.82) is 0 Å². The lowest BCUT2D eigenvalue weighted by molar-refractivity contribution is 0.0338. The molecule has 1 aliphatic carbocycles. The van der Waals surface area contributed by atoms with Crippen LogP contribution in [-0.2, 0) is 5.60 Å². The molecule has 0 aromatic heterocycles. The first kappa shape index (κ1) is 10.6. The summed E-state index contributed by atoms with van der Waals surface area (Å²) in [5, 5.41) is 10.5. The molecule has 1 aromatic rings. The zero-order valence-electron chi connectivity index (χ0n) is 9.26. The van der Waals surface area contributed by atoms with E-state index in [0.29, 0.717) is 0 Å². The van der Waals surface area contributed by atoms with Crippen molar-refractivity contribution in [2.24, 2.45) is 5.41 Å². The summed E-state index contributed by atoms with van der Waals surface area (Å²) in [6, 6.07) is 6.21. The Morgan fingerprint density at radius 3 is 2.20 bits per heavy atom. The van der Waals surface area contributed by atoms with E-state index in [9.17, 15) is 9.50 Å². The predicted octanol–water partition coefficient (Wildman–Crippen LogP) is 3.22. The van der Waals surface area contributed by atoms with E-state index in [1.54, 1.807) is 12.1 Å². The highest BCUT2D eigenvalue weighted by Crippen LogP contribution is 2.48. The van der Waals surface area contributed by atoms with Crippen molar-refractivity contribution in [3.63, 3.8) is 0 Å². The van der Waals surface area contributed by atoms with Gasteiger partial charge in [-0.3, -0.25) is 0 Å². The Labute approximate surface area is 89.9 Å². The van der Waals surface area contributed by atoms with Gasteiger partial charge >= 0.3 is 0 Å². The average Bonchev–Trinajstić information content (AvgIpc) is 2.43. The smallest absolute Gasteiger partial charge is 0.123 e. The van der Waals surface area contributed by atoms with Gasteiger partial charge in [-0.15, -0.1) is 0 Å². The topological polar surface area (TPSA) is 20.2 Å². The Morgan fingerprint density at radius 1 is 1.13 bits per heavy atom. The molecular formula is C13H17FO. The lowest BCUT2D eigenvalue weighted by Gasteiger charge is -2.25. The molecule has 0 spiro atoms. The van der Waals surface area contributed by atoms with Crippen LogP contribution in [-0.4, -0.2) is 5.11 Å². The number of aliphatic hydroxyl groups is 1. The van der Waals surface area contributed by atoms with Crippen molar-refractivity contribution in [1.82, 2.24) is 0 Å². The van der Waals surface area contributed by atoms with Gasteiger partial charge in [0.15, 0.2) is 0 Å². The van der Waals surface area contributed by atoms with Crippen LogP contribution in [0.4, 0.5) is 4.39 Å². The van der Waals surface area contributed by atoms with E-state index >= 15 is 0 Å². The molecule has 1 fully saturated rings. The molecule has 1 aliphatic rings. The summed E-state index contributed by atoms with van der Waals surface area (Å²) in [6.45, 7) is 4.32. The van der Waals surface area contributed by atoms with Crippen LogP contribution in [0.3, 0.4) is 0 Å². The second-order valence-electron chi connectivity index (χ2n) is 5.38. The van der Waals surface area contributed by atoms with Gasteiger partial charge in [0.2, 0.25) is 0 Å². The average molecular weight is 208 g/mol. The third kappa shape index (κ3) is 2.05. The minimum absolute atomic E-state index is 0.184. The van der Waals surface area contributed by atoms with Gasteiger partial charge in [-0.05, 0) is 42.4 Å². The molecule has 1 nitrogen and oxygen atoms in total. The van der Waals surface area contributed by atoms with Crippen molar-refractivity contribution in [3.05, 3.63) is 35.6 Å². The van der Waals surface area contributed by atoms with E-state index in [1.807, 2.05) is 0 Å². The third-order valence-corrected chi connectivity index (χ3v) is 3.37. The van der Waals surface area contributed by atoms with Gasteiger partial charge in [-0.2, -0.15) is 0 Å². The van der Waals surface area contributed by atoms with Crippen LogP contribution in [0.15, 0.2) is 24.3 Å². The van der Waals surface area contributed by atoms with Gasteiger partial charge in [0, 0.05) is 0 Å². The number of hydrogen-bond acceptors (Lipinski definition) is 1. The molecule has 1 saturated carbocycles. The highest BCUT2D eigenvalue weighted by atomic mass is 19.1. The van der Waals surface area contributed by atoms with Crippen LogP contribution in [0, 0.1) is 11.2 Å². The van der Waals surface area contributed by atoms with E-state index in [-0.39, 0.29) is 11.2 Å². The zero-order valence-corrected chi connectivity index (χ0v) is 9.26. The number of halogens is 1. The summed E-state index contributed by atoms with van der Waals surface area (Å²) in [5.41, 5.74) is 0.273. The monoisotopic (exact) mass is 208 g/mol. The van der Waals surface area contributed by atoms with E-state index in [0.717, 1.165) is 24.8 Å². The highest BCUT2D eigenvalue weighted by molar-refractivity contribution is 5.24. The van der Waals surface area contributed by atoms with Crippen LogP contribution >= 0.6 is 0 Å². The van der Waals surface area contributed by atoms with Gasteiger partial charge < -0.3 is 5.11 Å². The fraction of sp³-hybridized carbons (Fsp3) is 0.538. The molecule has 0 amide bonds. The summed E-state index contributed by atoms with van der Waals surface area (Å²) in [6.07, 6.45) is 2.54. The highest BCUT2D eigenvalue weighted by Gasteiger charge is 2.42. The zero-order chi connectivity index (χ0) is 11.1. The molecule has 2 rings (SSSR count). The summed E-state index contributed by atoms with van der Waals surface area (Å²) in [4.78, 5) is 0. The van der Waals surface area contributed by atoms with E-state index in [2.05, 4.69) is 13.8 Å². The summed E-state index contributed by atoms with van der Waals surface area (Å²) in [7, 11) is 0. The molecule has 15 heavy (non-hydrogen) atoms. The van der Waals surface area contributed by atoms with E-state index in [4.69, 9.17) is 0 Å². The molecule has 0 unspecified atom stereocenters. The first-order valence-electron chi connectivity index (χ1n) is 5.40. The summed E-state index contributed by atoms with van der Waals surface area (Å²) in [5.74, 6) is -0.250. The molecule has 1 aromatic carbocycles. The van der Waals surface area contributed by atoms with Gasteiger partial charge in [0.1, 0.15) is 5.82 Å². The molecule has 0 bridgehead atoms. The number of hydrogen-bond donors (Lipinski definition) is 1. The quantitative estimate of drug-likeness (QED) is 0.751. The first-order chi connectivity index (χ1) is 6.91. The van der Waals surface area contributed by atoms with Crippen molar-refractivity contribution in [3.8, 4) is 0 Å². The minimum Gasteiger partial charge on any atom is -0.385 e. The second-order valence-corrected chi connectivity index (χ2v) is 5.38. The number of benzene rings is 1. The second kappa shape index (κ2) is 3.31. The maximum Gasteiger partial charge on any atom is 0.123 e. The minimum atomic E-state index is -0.753. The van der Waals surface area contributed by atoms with Crippen molar-refractivity contribution < 1.29 is 9.50 Å². The van der Waals surface area contributed by atoms with Crippen LogP contribution in [0.2, 0.25) is 0 Å². The third-order valence-electron chi connectivity index (χ3n) is 3.37. The first-order valence-corrected chi connectivity index (χ1v) is 5.40. The summed E-state index contributed by atoms with van der Waals surface area (Å²) >= 11 is 0. The van der Waals surface area contributed by atoms with Gasteiger partial charge in [-0.25, -0.2) is 4.39 Å². The van der Waals surface area contributed by atoms with Gasteiger partial charge in [-0.1, -0.05) is 26.0 Å². The van der Waals surface area contributed by atoms with Crippen molar-refractivity contribution in [2.75, 3.05) is 0 Å². The Kier molecular flexibility index (Phi) is 2.34. The van der Waals surface area contributed by atoms with Crippen molar-refractivity contribution >= 4 is 0 Å². The molecule has 0 radical (unpaired) electrons. The fourth-order valence-corrected chi connectivity index (χ4v) is 2.52. The number of rotatable bonds is 1. The van der Waals surface area contributed by atoms with Gasteiger partial charge in [0.05, 0.1) is 5.60 Å². The lowest BCUT2D eigenvalue weighted by Crippen LogP contribution is -2.23. The molecule has 0 heterocycles. The van der Waals surface area contributed by atoms with E-state index < -0.39 is 5.60 Å². The van der Waals surface area contributed by atoms with Crippen LogP contribution in [0.1, 0.15) is 38.7 Å². The Hall–Kier alpha value is -0.890. The Balaban J connectivity index is 2.27. The molecule has 2 heteroatoms. The fourth-order valence-electron chi connectivity index (χ4n) is 2.52. The van der Waals surface area contributed by atoms with Crippen molar-refractivity contribution in [2.45, 2.75) is 38.7 Å². The molecule has 0 saturated heterocycles. The maximum atomic E-state index is 12.8. The molecule has 1 atom stereocenters. The lowest BCUT2D eigenvalue weighted by atomic mass is 9.86. The van der Waals surface area contributed by atoms with Crippen LogP contribution in [0.25, 0.3) is 0 Å². The normalized spacial score (nSPS) is 29.3. The van der Waals surface area contributed by atoms with E-state index in [1.165, 1.54) is 12.1 Å². The maximum absolute atomic E-state index is 12.8. The molecule has 1 N–H and O–H groups in total. The molecule has 82 valence electrons. The molecule has 0 aliphatic heterocycles. The van der Waals surface area contributed by atoms with Gasteiger partial charge in [0.25, 0.3) is 0 Å². The predicted molar refractivity (Wildman–Crippen MR) is 57.9 cm³/mol. The Morgan fingerprint density at radius 2 is 1.73 bits per heavy atom. The standard InChI is InChI=1S/C13H17FO/c1-12(2)7-8-13(15,9-12)10-3-5-11(14)6-4-10/h3-6,15H,7-9H2,1-2H3/t13-/m0/s1. The summed E-state index contributed by atoms with van der Waals surface area (Å²) < 4.78 is 12.8. The van der Waals surface area contributed by atoms with Crippen LogP contribution in [0.5, 0.6) is 0 Å². The molecular weight excluding hydrogens is 191 g/mol. The largest absolute Gasteiger partial charge is 0.385 e.